The predicted molar refractivity (Wildman–Crippen MR) is 67.7 cm³/mol. The molecule has 3 N–H and O–H groups in total. The van der Waals surface area contributed by atoms with Gasteiger partial charge < -0.3 is 11.1 Å². The molecule has 0 heterocycles. The van der Waals surface area contributed by atoms with Crippen LogP contribution in [0, 0.1) is 23.2 Å². The number of rotatable bonds is 4. The summed E-state index contributed by atoms with van der Waals surface area (Å²) in [5.41, 5.74) is 5.14. The normalized spacial score (nSPS) is 40.8. The average molecular weight is 250 g/mol. The molecule has 0 atom stereocenters. The Morgan fingerprint density at radius 3 is 2.00 bits per heavy atom. The van der Waals surface area contributed by atoms with Crippen molar-refractivity contribution in [3.05, 3.63) is 0 Å². The van der Waals surface area contributed by atoms with Crippen molar-refractivity contribution in [2.45, 2.75) is 38.5 Å². The van der Waals surface area contributed by atoms with E-state index in [-0.39, 0.29) is 30.2 Å². The van der Waals surface area contributed by atoms with Crippen LogP contribution < -0.4 is 11.1 Å². The Kier molecular flexibility index (Phi) is 2.93. The molecule has 4 bridgehead atoms. The fourth-order valence-corrected chi connectivity index (χ4v) is 4.89. The van der Waals surface area contributed by atoms with Crippen LogP contribution in [-0.4, -0.2) is 24.8 Å². The molecule has 4 fully saturated rings. The lowest BCUT2D eigenvalue weighted by atomic mass is 9.48. The smallest absolute Gasteiger partial charge is 0.234 e. The van der Waals surface area contributed by atoms with Crippen LogP contribution in [0.1, 0.15) is 38.5 Å². The SMILES string of the molecule is NCC(=O)NCC(=O)C12CC3CC(CC(C3)C1)C2. The van der Waals surface area contributed by atoms with Crippen LogP contribution in [0.5, 0.6) is 0 Å². The fraction of sp³-hybridized carbons (Fsp3) is 0.857. The van der Waals surface area contributed by atoms with E-state index in [1.165, 1.54) is 19.3 Å². The van der Waals surface area contributed by atoms with Crippen molar-refractivity contribution in [2.24, 2.45) is 28.9 Å². The molecule has 4 rings (SSSR count). The first-order chi connectivity index (χ1) is 8.61. The van der Waals surface area contributed by atoms with Gasteiger partial charge in [-0.1, -0.05) is 0 Å². The van der Waals surface area contributed by atoms with Crippen molar-refractivity contribution in [2.75, 3.05) is 13.1 Å². The first kappa shape index (κ1) is 12.2. The number of hydrogen-bond donors (Lipinski definition) is 2. The van der Waals surface area contributed by atoms with E-state index in [1.807, 2.05) is 0 Å². The zero-order chi connectivity index (χ0) is 12.8. The summed E-state index contributed by atoms with van der Waals surface area (Å²) in [5, 5.41) is 2.64. The number of nitrogens with one attached hydrogen (secondary N) is 1. The van der Waals surface area contributed by atoms with Crippen LogP contribution in [0.3, 0.4) is 0 Å². The quantitative estimate of drug-likeness (QED) is 0.777. The number of ketones is 1. The van der Waals surface area contributed by atoms with E-state index in [0.717, 1.165) is 37.0 Å². The second-order valence-electron chi connectivity index (χ2n) is 6.60. The molecule has 4 aliphatic carbocycles. The number of hydrogen-bond acceptors (Lipinski definition) is 3. The summed E-state index contributed by atoms with van der Waals surface area (Å²) in [6, 6.07) is 0. The van der Waals surface area contributed by atoms with E-state index in [0.29, 0.717) is 0 Å². The van der Waals surface area contributed by atoms with E-state index < -0.39 is 0 Å². The van der Waals surface area contributed by atoms with Crippen LogP contribution in [0.25, 0.3) is 0 Å². The first-order valence-electron chi connectivity index (χ1n) is 7.11. The third-order valence-corrected chi connectivity index (χ3v) is 5.26. The molecule has 1 amide bonds. The molecule has 4 nitrogen and oxygen atoms in total. The molecule has 4 aliphatic rings. The summed E-state index contributed by atoms with van der Waals surface area (Å²) in [4.78, 5) is 23.6. The standard InChI is InChI=1S/C14H22N2O2/c15-7-13(18)16-8-12(17)14-4-9-1-10(5-14)3-11(2-9)6-14/h9-11H,1-8,15H2,(H,16,18). The van der Waals surface area contributed by atoms with E-state index in [2.05, 4.69) is 5.32 Å². The molecule has 4 saturated carbocycles. The minimum atomic E-state index is -0.229. The van der Waals surface area contributed by atoms with Crippen molar-refractivity contribution in [1.82, 2.24) is 5.32 Å². The van der Waals surface area contributed by atoms with E-state index >= 15 is 0 Å². The molecule has 0 saturated heterocycles. The largest absolute Gasteiger partial charge is 0.348 e. The molecule has 0 unspecified atom stereocenters. The maximum absolute atomic E-state index is 12.5. The lowest BCUT2D eigenvalue weighted by molar-refractivity contribution is -0.143. The minimum Gasteiger partial charge on any atom is -0.348 e. The molecule has 0 aromatic carbocycles. The topological polar surface area (TPSA) is 72.2 Å². The summed E-state index contributed by atoms with van der Waals surface area (Å²) in [6.07, 6.45) is 7.20. The molecule has 0 aromatic rings. The maximum Gasteiger partial charge on any atom is 0.234 e. The lowest BCUT2D eigenvalue weighted by Gasteiger charge is -2.56. The Bertz CT molecular complexity index is 343. The minimum absolute atomic E-state index is 0.0336. The van der Waals surface area contributed by atoms with Gasteiger partial charge in [-0.05, 0) is 56.3 Å². The van der Waals surface area contributed by atoms with Crippen molar-refractivity contribution in [3.8, 4) is 0 Å². The van der Waals surface area contributed by atoms with Gasteiger partial charge in [-0.2, -0.15) is 0 Å². The molecule has 0 aromatic heterocycles. The van der Waals surface area contributed by atoms with E-state index in [4.69, 9.17) is 5.73 Å². The third kappa shape index (κ3) is 1.96. The van der Waals surface area contributed by atoms with Crippen molar-refractivity contribution >= 4 is 11.7 Å². The monoisotopic (exact) mass is 250 g/mol. The summed E-state index contributed by atoms with van der Waals surface area (Å²) in [7, 11) is 0. The first-order valence-corrected chi connectivity index (χ1v) is 7.11. The zero-order valence-corrected chi connectivity index (χ0v) is 10.8. The summed E-state index contributed by atoms with van der Waals surface area (Å²) in [6.45, 7) is 0.149. The molecule has 0 spiro atoms. The van der Waals surface area contributed by atoms with Gasteiger partial charge in [0.05, 0.1) is 13.1 Å². The molecular formula is C14H22N2O2. The van der Waals surface area contributed by atoms with Gasteiger partial charge in [0.15, 0.2) is 5.78 Å². The Balaban J connectivity index is 1.67. The molecule has 100 valence electrons. The molecular weight excluding hydrogens is 228 g/mol. The number of carbonyl (C=O) groups excluding carboxylic acids is 2. The highest BCUT2D eigenvalue weighted by Crippen LogP contribution is 2.60. The Morgan fingerprint density at radius 2 is 1.56 bits per heavy atom. The van der Waals surface area contributed by atoms with Crippen molar-refractivity contribution in [1.29, 1.82) is 0 Å². The van der Waals surface area contributed by atoms with Crippen LogP contribution in [0.2, 0.25) is 0 Å². The van der Waals surface area contributed by atoms with Crippen molar-refractivity contribution in [3.63, 3.8) is 0 Å². The highest BCUT2D eigenvalue weighted by molar-refractivity contribution is 5.90. The molecule has 18 heavy (non-hydrogen) atoms. The van der Waals surface area contributed by atoms with Gasteiger partial charge >= 0.3 is 0 Å². The summed E-state index contributed by atoms with van der Waals surface area (Å²) in [5.74, 6) is 2.33. The number of nitrogens with two attached hydrogens (primary N) is 1. The van der Waals surface area contributed by atoms with Gasteiger partial charge in [-0.15, -0.1) is 0 Å². The van der Waals surface area contributed by atoms with Crippen molar-refractivity contribution < 1.29 is 9.59 Å². The number of carbonyl (C=O) groups is 2. The highest BCUT2D eigenvalue weighted by Gasteiger charge is 2.54. The zero-order valence-electron chi connectivity index (χ0n) is 10.8. The van der Waals surface area contributed by atoms with E-state index in [9.17, 15) is 9.59 Å². The molecule has 4 heteroatoms. The van der Waals surface area contributed by atoms with E-state index in [1.54, 1.807) is 0 Å². The molecule has 0 aliphatic heterocycles. The highest BCUT2D eigenvalue weighted by atomic mass is 16.2. The van der Waals surface area contributed by atoms with Crippen LogP contribution in [0.15, 0.2) is 0 Å². The number of amides is 1. The predicted octanol–water partition coefficient (Wildman–Crippen LogP) is 0.847. The van der Waals surface area contributed by atoms with Gasteiger partial charge in [0.25, 0.3) is 0 Å². The summed E-state index contributed by atoms with van der Waals surface area (Å²) >= 11 is 0. The second kappa shape index (κ2) is 4.34. The third-order valence-electron chi connectivity index (χ3n) is 5.26. The summed E-state index contributed by atoms with van der Waals surface area (Å²) < 4.78 is 0. The Hall–Kier alpha value is -0.900. The average Bonchev–Trinajstić information content (AvgIpc) is 2.33. The second-order valence-corrected chi connectivity index (χ2v) is 6.60. The van der Waals surface area contributed by atoms with Gasteiger partial charge in [0.1, 0.15) is 0 Å². The number of Topliss-reactive ketones (excluding diaryl/α,β-unsaturated/α-hetero) is 1. The maximum atomic E-state index is 12.5. The Morgan fingerprint density at radius 1 is 1.06 bits per heavy atom. The molecule has 0 radical (unpaired) electrons. The Labute approximate surface area is 108 Å². The van der Waals surface area contributed by atoms with Crippen LogP contribution in [0.4, 0.5) is 0 Å². The fourth-order valence-electron chi connectivity index (χ4n) is 4.89. The van der Waals surface area contributed by atoms with Gasteiger partial charge in [-0.3, -0.25) is 9.59 Å². The lowest BCUT2D eigenvalue weighted by Crippen LogP contribution is -2.52. The van der Waals surface area contributed by atoms with Gasteiger partial charge in [-0.25, -0.2) is 0 Å². The van der Waals surface area contributed by atoms with Crippen LogP contribution in [-0.2, 0) is 9.59 Å². The van der Waals surface area contributed by atoms with Gasteiger partial charge in [0.2, 0.25) is 5.91 Å². The van der Waals surface area contributed by atoms with Crippen LogP contribution >= 0.6 is 0 Å². The van der Waals surface area contributed by atoms with Gasteiger partial charge in [0, 0.05) is 5.41 Å².